The van der Waals surface area contributed by atoms with Gasteiger partial charge in [-0.1, -0.05) is 0 Å². The molecule has 4 rings (SSSR count). The average Bonchev–Trinajstić information content (AvgIpc) is 2.70. The molecule has 0 amide bonds. The van der Waals surface area contributed by atoms with Gasteiger partial charge in [0.25, 0.3) is 0 Å². The van der Waals surface area contributed by atoms with Gasteiger partial charge in [0, 0.05) is 32.4 Å². The van der Waals surface area contributed by atoms with Crippen LogP contribution in [-0.2, 0) is 9.47 Å². The minimum atomic E-state index is 0.519. The smallest absolute Gasteiger partial charge is 0.233 e. The lowest BCUT2D eigenvalue weighted by molar-refractivity contribution is 0.121. The second-order valence-electron chi connectivity index (χ2n) is 5.82. The van der Waals surface area contributed by atoms with Gasteiger partial charge in [-0.3, -0.25) is 4.98 Å². The number of hydrogen-bond donors (Lipinski definition) is 1. The number of nitrogens with one attached hydrogen (secondary N) is 1. The maximum atomic E-state index is 5.43. The molecule has 0 radical (unpaired) electrons. The van der Waals surface area contributed by atoms with Crippen LogP contribution in [0.25, 0.3) is 0 Å². The zero-order chi connectivity index (χ0) is 16.9. The molecule has 2 fully saturated rings. The monoisotopic (exact) mass is 343 g/mol. The molecule has 2 aliphatic rings. The second-order valence-corrected chi connectivity index (χ2v) is 5.82. The zero-order valence-electron chi connectivity index (χ0n) is 14.0. The van der Waals surface area contributed by atoms with Crippen LogP contribution in [0.1, 0.15) is 0 Å². The van der Waals surface area contributed by atoms with Crippen LogP contribution in [-0.4, -0.2) is 72.5 Å². The lowest BCUT2D eigenvalue weighted by Crippen LogP contribution is -2.40. The largest absolute Gasteiger partial charge is 0.378 e. The molecule has 9 nitrogen and oxygen atoms in total. The summed E-state index contributed by atoms with van der Waals surface area (Å²) in [4.78, 5) is 22.3. The highest BCUT2D eigenvalue weighted by molar-refractivity contribution is 5.55. The van der Waals surface area contributed by atoms with E-state index in [4.69, 9.17) is 9.47 Å². The molecule has 2 aromatic rings. The fourth-order valence-electron chi connectivity index (χ4n) is 2.79. The van der Waals surface area contributed by atoms with E-state index in [2.05, 4.69) is 35.1 Å². The molecule has 0 aromatic carbocycles. The van der Waals surface area contributed by atoms with E-state index in [1.807, 2.05) is 12.1 Å². The fraction of sp³-hybridized carbons (Fsp3) is 0.500. The van der Waals surface area contributed by atoms with Crippen LogP contribution in [0.3, 0.4) is 0 Å². The van der Waals surface area contributed by atoms with Crippen LogP contribution in [0, 0.1) is 0 Å². The van der Waals surface area contributed by atoms with Crippen LogP contribution in [0.15, 0.2) is 24.5 Å². The molecule has 0 atom stereocenters. The summed E-state index contributed by atoms with van der Waals surface area (Å²) in [6.45, 7) is 5.84. The lowest BCUT2D eigenvalue weighted by atomic mass is 10.4. The fourth-order valence-corrected chi connectivity index (χ4v) is 2.79. The van der Waals surface area contributed by atoms with Gasteiger partial charge < -0.3 is 24.6 Å². The first-order valence-corrected chi connectivity index (χ1v) is 8.47. The molecule has 2 saturated heterocycles. The number of nitrogens with zero attached hydrogens (tertiary/aromatic N) is 6. The van der Waals surface area contributed by atoms with Crippen molar-refractivity contribution >= 4 is 23.5 Å². The van der Waals surface area contributed by atoms with Crippen LogP contribution in [0.4, 0.5) is 23.5 Å². The normalized spacial score (nSPS) is 18.2. The summed E-state index contributed by atoms with van der Waals surface area (Å²) in [5, 5.41) is 3.22. The number of hydrogen-bond acceptors (Lipinski definition) is 9. The SMILES string of the molecule is c1cncc(Nc2nc(N3CCOCC3)nc(N3CCOCC3)n2)c1. The average molecular weight is 343 g/mol. The summed E-state index contributed by atoms with van der Waals surface area (Å²) in [6, 6.07) is 3.80. The Kier molecular flexibility index (Phi) is 4.84. The Morgan fingerprint density at radius 3 is 1.96 bits per heavy atom. The summed E-state index contributed by atoms with van der Waals surface area (Å²) >= 11 is 0. The molecular formula is C16H21N7O2. The number of pyridine rings is 1. The molecule has 4 heterocycles. The molecule has 9 heteroatoms. The van der Waals surface area contributed by atoms with Crippen LogP contribution in [0.5, 0.6) is 0 Å². The van der Waals surface area contributed by atoms with Crippen molar-refractivity contribution in [2.24, 2.45) is 0 Å². The summed E-state index contributed by atoms with van der Waals surface area (Å²) in [6.07, 6.45) is 3.48. The summed E-state index contributed by atoms with van der Waals surface area (Å²) in [7, 11) is 0. The Morgan fingerprint density at radius 2 is 1.44 bits per heavy atom. The van der Waals surface area contributed by atoms with E-state index < -0.39 is 0 Å². The first kappa shape index (κ1) is 16.0. The lowest BCUT2D eigenvalue weighted by Gasteiger charge is -2.30. The number of ether oxygens (including phenoxy) is 2. The van der Waals surface area contributed by atoms with Crippen LogP contribution in [0.2, 0.25) is 0 Å². The molecule has 0 unspecified atom stereocenters. The predicted octanol–water partition coefficient (Wildman–Crippen LogP) is 0.683. The Balaban J connectivity index is 1.64. The maximum Gasteiger partial charge on any atom is 0.233 e. The minimum absolute atomic E-state index is 0.519. The first-order valence-electron chi connectivity index (χ1n) is 8.47. The molecule has 0 aliphatic carbocycles. The van der Waals surface area contributed by atoms with Gasteiger partial charge in [-0.05, 0) is 12.1 Å². The van der Waals surface area contributed by atoms with Gasteiger partial charge in [0.05, 0.1) is 38.3 Å². The molecule has 2 aliphatic heterocycles. The molecule has 132 valence electrons. The molecular weight excluding hydrogens is 322 g/mol. The highest BCUT2D eigenvalue weighted by Crippen LogP contribution is 2.20. The van der Waals surface area contributed by atoms with Gasteiger partial charge >= 0.3 is 0 Å². The van der Waals surface area contributed by atoms with E-state index in [-0.39, 0.29) is 0 Å². The van der Waals surface area contributed by atoms with E-state index >= 15 is 0 Å². The van der Waals surface area contributed by atoms with Crippen LogP contribution >= 0.6 is 0 Å². The van der Waals surface area contributed by atoms with Crippen molar-refractivity contribution in [1.29, 1.82) is 0 Å². The second kappa shape index (κ2) is 7.58. The molecule has 0 spiro atoms. The molecule has 2 aromatic heterocycles. The van der Waals surface area contributed by atoms with Crippen molar-refractivity contribution in [3.05, 3.63) is 24.5 Å². The summed E-state index contributed by atoms with van der Waals surface area (Å²) < 4.78 is 10.9. The van der Waals surface area contributed by atoms with E-state index in [1.165, 1.54) is 0 Å². The third-order valence-corrected chi connectivity index (χ3v) is 4.12. The van der Waals surface area contributed by atoms with E-state index in [9.17, 15) is 0 Å². The predicted molar refractivity (Wildman–Crippen MR) is 93.4 cm³/mol. The molecule has 0 saturated carbocycles. The minimum Gasteiger partial charge on any atom is -0.378 e. The van der Waals surface area contributed by atoms with E-state index in [0.29, 0.717) is 44.3 Å². The van der Waals surface area contributed by atoms with Gasteiger partial charge in [-0.2, -0.15) is 15.0 Å². The topological polar surface area (TPSA) is 88.5 Å². The van der Waals surface area contributed by atoms with E-state index in [0.717, 1.165) is 31.9 Å². The number of anilines is 4. The first-order chi connectivity index (χ1) is 12.4. The summed E-state index contributed by atoms with van der Waals surface area (Å²) in [5.74, 6) is 1.86. The Morgan fingerprint density at radius 1 is 0.840 bits per heavy atom. The quantitative estimate of drug-likeness (QED) is 0.861. The third kappa shape index (κ3) is 3.94. The number of morpholine rings is 2. The van der Waals surface area contributed by atoms with Gasteiger partial charge in [0.1, 0.15) is 0 Å². The Bertz CT molecular complexity index is 652. The van der Waals surface area contributed by atoms with Crippen molar-refractivity contribution in [3.8, 4) is 0 Å². The van der Waals surface area contributed by atoms with Gasteiger partial charge in [0.2, 0.25) is 17.8 Å². The van der Waals surface area contributed by atoms with Crippen molar-refractivity contribution < 1.29 is 9.47 Å². The number of rotatable bonds is 4. The molecule has 25 heavy (non-hydrogen) atoms. The Labute approximate surface area is 146 Å². The zero-order valence-corrected chi connectivity index (χ0v) is 14.0. The van der Waals surface area contributed by atoms with Crippen LogP contribution < -0.4 is 15.1 Å². The van der Waals surface area contributed by atoms with Crippen molar-refractivity contribution in [1.82, 2.24) is 19.9 Å². The standard InChI is InChI=1S/C16H21N7O2/c1-2-13(12-17-3-1)18-14-19-15(22-4-8-24-9-5-22)21-16(20-14)23-6-10-25-11-7-23/h1-3,12H,4-11H2,(H,18,19,20,21). The van der Waals surface area contributed by atoms with Crippen molar-refractivity contribution in [2.45, 2.75) is 0 Å². The van der Waals surface area contributed by atoms with Gasteiger partial charge in [-0.15, -0.1) is 0 Å². The summed E-state index contributed by atoms with van der Waals surface area (Å²) in [5.41, 5.74) is 0.842. The Hall–Kier alpha value is -2.52. The molecule has 1 N–H and O–H groups in total. The van der Waals surface area contributed by atoms with Crippen molar-refractivity contribution in [3.63, 3.8) is 0 Å². The van der Waals surface area contributed by atoms with Gasteiger partial charge in [-0.25, -0.2) is 0 Å². The third-order valence-electron chi connectivity index (χ3n) is 4.12. The maximum absolute atomic E-state index is 5.43. The highest BCUT2D eigenvalue weighted by Gasteiger charge is 2.20. The number of aromatic nitrogens is 4. The van der Waals surface area contributed by atoms with Crippen molar-refractivity contribution in [2.75, 3.05) is 67.7 Å². The molecule has 0 bridgehead atoms. The highest BCUT2D eigenvalue weighted by atomic mass is 16.5. The van der Waals surface area contributed by atoms with Gasteiger partial charge in [0.15, 0.2) is 0 Å². The van der Waals surface area contributed by atoms with E-state index in [1.54, 1.807) is 12.4 Å².